The summed E-state index contributed by atoms with van der Waals surface area (Å²) in [6.45, 7) is 9.04. The summed E-state index contributed by atoms with van der Waals surface area (Å²) in [4.78, 5) is 23.1. The van der Waals surface area contributed by atoms with Crippen LogP contribution in [0.2, 0.25) is 5.02 Å². The number of carbonyl (C=O) groups excluding carboxylic acids is 1. The Hall–Kier alpha value is -2.01. The summed E-state index contributed by atoms with van der Waals surface area (Å²) >= 11 is 6.14. The second kappa shape index (κ2) is 8.20. The van der Waals surface area contributed by atoms with Gasteiger partial charge in [-0.2, -0.15) is 0 Å². The lowest BCUT2D eigenvalue weighted by Gasteiger charge is -2.26. The van der Waals surface area contributed by atoms with E-state index in [1.54, 1.807) is 26.0 Å². The van der Waals surface area contributed by atoms with E-state index in [9.17, 15) is 9.59 Å². The Labute approximate surface area is 147 Å². The number of halogens is 1. The van der Waals surface area contributed by atoms with Crippen molar-refractivity contribution in [1.29, 1.82) is 0 Å². The Morgan fingerprint density at radius 3 is 2.33 bits per heavy atom. The average molecular weight is 354 g/mol. The quantitative estimate of drug-likeness (QED) is 0.733. The van der Waals surface area contributed by atoms with Gasteiger partial charge < -0.3 is 15.2 Å². The number of benzene rings is 1. The smallest absolute Gasteiger partial charge is 0.328 e. The highest BCUT2D eigenvalue weighted by atomic mass is 35.5. The molecule has 0 fully saturated rings. The summed E-state index contributed by atoms with van der Waals surface area (Å²) in [6, 6.07) is 3.58. The SMILES string of the molecule is CCC(Oc1cc(C)c(Cl)c(C)c1)C(=O)NC(C)(C)/C=C/C(=O)O. The summed E-state index contributed by atoms with van der Waals surface area (Å²) in [5.74, 6) is -0.786. The molecule has 5 nitrogen and oxygen atoms in total. The standard InChI is InChI=1S/C18H24ClNO4/c1-6-14(17(23)20-18(4,5)8-7-15(21)22)24-13-9-11(2)16(19)12(3)10-13/h7-10,14H,6H2,1-5H3,(H,20,23)(H,21,22)/b8-7+. The van der Waals surface area contributed by atoms with E-state index in [0.717, 1.165) is 17.2 Å². The van der Waals surface area contributed by atoms with E-state index in [4.69, 9.17) is 21.4 Å². The number of aliphatic carboxylic acids is 1. The molecule has 0 aliphatic rings. The van der Waals surface area contributed by atoms with Crippen LogP contribution >= 0.6 is 11.6 Å². The summed E-state index contributed by atoms with van der Waals surface area (Å²) < 4.78 is 5.80. The maximum Gasteiger partial charge on any atom is 0.328 e. The first-order valence-electron chi connectivity index (χ1n) is 7.73. The Kier molecular flexibility index (Phi) is 6.84. The van der Waals surface area contributed by atoms with Crippen molar-refractivity contribution in [2.45, 2.75) is 52.7 Å². The number of carboxylic acids is 1. The molecule has 1 amide bonds. The van der Waals surface area contributed by atoms with Crippen LogP contribution < -0.4 is 10.1 Å². The number of aryl methyl sites for hydroxylation is 2. The zero-order valence-electron chi connectivity index (χ0n) is 14.6. The number of rotatable bonds is 7. The molecule has 1 atom stereocenters. The molecule has 0 aliphatic heterocycles. The Morgan fingerprint density at radius 2 is 1.88 bits per heavy atom. The molecule has 1 aromatic carbocycles. The molecule has 0 bridgehead atoms. The Balaban J connectivity index is 2.86. The van der Waals surface area contributed by atoms with E-state index >= 15 is 0 Å². The number of hydrogen-bond donors (Lipinski definition) is 2. The number of ether oxygens (including phenoxy) is 1. The molecule has 132 valence electrons. The molecule has 0 heterocycles. The predicted molar refractivity (Wildman–Crippen MR) is 94.6 cm³/mol. The Morgan fingerprint density at radius 1 is 1.33 bits per heavy atom. The van der Waals surface area contributed by atoms with Gasteiger partial charge in [0.15, 0.2) is 6.10 Å². The van der Waals surface area contributed by atoms with E-state index < -0.39 is 17.6 Å². The van der Waals surface area contributed by atoms with Crippen molar-refractivity contribution in [2.24, 2.45) is 0 Å². The third-order valence-electron chi connectivity index (χ3n) is 3.44. The summed E-state index contributed by atoms with van der Waals surface area (Å²) in [6.07, 6.45) is 2.23. The minimum Gasteiger partial charge on any atom is -0.481 e. The van der Waals surface area contributed by atoms with Crippen LogP contribution in [-0.2, 0) is 9.59 Å². The van der Waals surface area contributed by atoms with Crippen molar-refractivity contribution in [3.8, 4) is 5.75 Å². The topological polar surface area (TPSA) is 75.6 Å². The van der Waals surface area contributed by atoms with Crippen molar-refractivity contribution in [3.63, 3.8) is 0 Å². The molecule has 0 aromatic heterocycles. The number of nitrogens with one attached hydrogen (secondary N) is 1. The van der Waals surface area contributed by atoms with E-state index in [2.05, 4.69) is 5.32 Å². The third kappa shape index (κ3) is 5.89. The largest absolute Gasteiger partial charge is 0.481 e. The predicted octanol–water partition coefficient (Wildman–Crippen LogP) is 3.65. The van der Waals surface area contributed by atoms with E-state index in [1.165, 1.54) is 6.08 Å². The van der Waals surface area contributed by atoms with Crippen LogP contribution in [0.15, 0.2) is 24.3 Å². The molecule has 24 heavy (non-hydrogen) atoms. The first kappa shape index (κ1) is 20.0. The second-order valence-corrected chi connectivity index (χ2v) is 6.65. The number of carboxylic acid groups (broad SMARTS) is 1. The van der Waals surface area contributed by atoms with Crippen LogP contribution in [0.25, 0.3) is 0 Å². The van der Waals surface area contributed by atoms with Gasteiger partial charge in [-0.1, -0.05) is 24.6 Å². The van der Waals surface area contributed by atoms with Crippen LogP contribution in [0.1, 0.15) is 38.3 Å². The molecule has 1 unspecified atom stereocenters. The zero-order valence-corrected chi connectivity index (χ0v) is 15.4. The third-order valence-corrected chi connectivity index (χ3v) is 4.04. The van der Waals surface area contributed by atoms with Crippen LogP contribution in [0.5, 0.6) is 5.75 Å². The summed E-state index contributed by atoms with van der Waals surface area (Å²) in [5, 5.41) is 12.2. The fourth-order valence-corrected chi connectivity index (χ4v) is 2.29. The lowest BCUT2D eigenvalue weighted by Crippen LogP contribution is -2.48. The van der Waals surface area contributed by atoms with Gasteiger partial charge in [-0.25, -0.2) is 4.79 Å². The van der Waals surface area contributed by atoms with Gasteiger partial charge in [-0.05, 0) is 57.4 Å². The van der Waals surface area contributed by atoms with Crippen LogP contribution in [0.3, 0.4) is 0 Å². The van der Waals surface area contributed by atoms with E-state index in [-0.39, 0.29) is 5.91 Å². The lowest BCUT2D eigenvalue weighted by molar-refractivity contribution is -0.132. The molecule has 0 spiro atoms. The van der Waals surface area contributed by atoms with Gasteiger partial charge in [-0.3, -0.25) is 4.79 Å². The van der Waals surface area contributed by atoms with Crippen molar-refractivity contribution in [3.05, 3.63) is 40.4 Å². The minimum absolute atomic E-state index is 0.303. The van der Waals surface area contributed by atoms with Gasteiger partial charge in [0.25, 0.3) is 5.91 Å². The summed E-state index contributed by atoms with van der Waals surface area (Å²) in [5.41, 5.74) is 0.969. The highest BCUT2D eigenvalue weighted by molar-refractivity contribution is 6.32. The highest BCUT2D eigenvalue weighted by Crippen LogP contribution is 2.26. The normalized spacial score (nSPS) is 12.9. The lowest BCUT2D eigenvalue weighted by atomic mass is 10.0. The molecule has 0 saturated heterocycles. The van der Waals surface area contributed by atoms with Crippen LogP contribution in [-0.4, -0.2) is 28.6 Å². The minimum atomic E-state index is -1.06. The second-order valence-electron chi connectivity index (χ2n) is 6.27. The van der Waals surface area contributed by atoms with Crippen molar-refractivity contribution >= 4 is 23.5 Å². The Bertz CT molecular complexity index is 629. The molecule has 1 rings (SSSR count). The molecule has 1 aromatic rings. The monoisotopic (exact) mass is 353 g/mol. The zero-order chi connectivity index (χ0) is 18.5. The first-order chi connectivity index (χ1) is 11.1. The highest BCUT2D eigenvalue weighted by Gasteiger charge is 2.25. The molecule has 0 saturated carbocycles. The van der Waals surface area contributed by atoms with Gasteiger partial charge >= 0.3 is 5.97 Å². The molecular formula is C18H24ClNO4. The number of hydrogen-bond acceptors (Lipinski definition) is 3. The fourth-order valence-electron chi connectivity index (χ4n) is 2.18. The van der Waals surface area contributed by atoms with E-state index in [1.807, 2.05) is 20.8 Å². The molecule has 2 N–H and O–H groups in total. The number of carbonyl (C=O) groups is 2. The van der Waals surface area contributed by atoms with Crippen molar-refractivity contribution in [2.75, 3.05) is 0 Å². The van der Waals surface area contributed by atoms with E-state index in [0.29, 0.717) is 17.2 Å². The fraction of sp³-hybridized carbons (Fsp3) is 0.444. The summed E-state index contributed by atoms with van der Waals surface area (Å²) in [7, 11) is 0. The average Bonchev–Trinajstić information content (AvgIpc) is 2.47. The van der Waals surface area contributed by atoms with Crippen LogP contribution in [0, 0.1) is 13.8 Å². The molecule has 6 heteroatoms. The first-order valence-corrected chi connectivity index (χ1v) is 8.11. The van der Waals surface area contributed by atoms with Crippen molar-refractivity contribution in [1.82, 2.24) is 5.32 Å². The van der Waals surface area contributed by atoms with Crippen LogP contribution in [0.4, 0.5) is 0 Å². The van der Waals surface area contributed by atoms with Gasteiger partial charge in [0.2, 0.25) is 0 Å². The van der Waals surface area contributed by atoms with Crippen molar-refractivity contribution < 1.29 is 19.4 Å². The maximum atomic E-state index is 12.4. The number of amides is 1. The van der Waals surface area contributed by atoms with Gasteiger partial charge in [0, 0.05) is 11.1 Å². The van der Waals surface area contributed by atoms with Gasteiger partial charge in [0.05, 0.1) is 5.54 Å². The molecule has 0 radical (unpaired) electrons. The maximum absolute atomic E-state index is 12.4. The van der Waals surface area contributed by atoms with Gasteiger partial charge in [-0.15, -0.1) is 0 Å². The molecule has 0 aliphatic carbocycles. The molecular weight excluding hydrogens is 330 g/mol. The van der Waals surface area contributed by atoms with Gasteiger partial charge in [0.1, 0.15) is 5.75 Å².